The van der Waals surface area contributed by atoms with Crippen molar-refractivity contribution in [3.63, 3.8) is 0 Å². The molecule has 0 bridgehead atoms. The lowest BCUT2D eigenvalue weighted by molar-refractivity contribution is -0.118. The fraction of sp³-hybridized carbons (Fsp3) is 0.350. The lowest BCUT2D eigenvalue weighted by atomic mass is 9.98. The first-order valence-corrected chi connectivity index (χ1v) is 8.53. The Balaban J connectivity index is 1.79. The molecule has 25 heavy (non-hydrogen) atoms. The number of amides is 1. The highest BCUT2D eigenvalue weighted by Crippen LogP contribution is 2.35. The van der Waals surface area contributed by atoms with Gasteiger partial charge in [0, 0.05) is 5.69 Å². The van der Waals surface area contributed by atoms with Crippen LogP contribution in [0.25, 0.3) is 0 Å². The summed E-state index contributed by atoms with van der Waals surface area (Å²) in [6.45, 7) is 3.99. The molecule has 1 N–H and O–H groups in total. The van der Waals surface area contributed by atoms with Gasteiger partial charge in [0.2, 0.25) is 5.88 Å². The Morgan fingerprint density at radius 2 is 2.00 bits per heavy atom. The number of aromatic nitrogens is 1. The smallest absolute Gasteiger partial charge is 0.262 e. The third-order valence-corrected chi connectivity index (χ3v) is 4.32. The van der Waals surface area contributed by atoms with E-state index in [1.807, 2.05) is 30.3 Å². The van der Waals surface area contributed by atoms with E-state index in [1.54, 1.807) is 0 Å². The van der Waals surface area contributed by atoms with Crippen molar-refractivity contribution in [1.82, 2.24) is 4.98 Å². The number of nitrogens with one attached hydrogen (secondary N) is 1. The highest BCUT2D eigenvalue weighted by molar-refractivity contribution is 5.91. The summed E-state index contributed by atoms with van der Waals surface area (Å²) in [6.07, 6.45) is 2.86. The van der Waals surface area contributed by atoms with E-state index < -0.39 is 0 Å². The number of ether oxygens (including phenoxy) is 1. The van der Waals surface area contributed by atoms with E-state index >= 15 is 0 Å². The van der Waals surface area contributed by atoms with E-state index in [0.29, 0.717) is 11.3 Å². The van der Waals surface area contributed by atoms with Crippen LogP contribution < -0.4 is 10.1 Å². The van der Waals surface area contributed by atoms with Crippen LogP contribution in [-0.2, 0) is 17.6 Å². The van der Waals surface area contributed by atoms with Crippen LogP contribution in [0.5, 0.6) is 5.88 Å². The molecule has 0 saturated carbocycles. The Labute approximate surface area is 147 Å². The summed E-state index contributed by atoms with van der Waals surface area (Å²) in [4.78, 5) is 16.7. The Morgan fingerprint density at radius 1 is 1.28 bits per heavy atom. The zero-order chi connectivity index (χ0) is 17.8. The molecule has 5 heteroatoms. The van der Waals surface area contributed by atoms with Gasteiger partial charge < -0.3 is 10.1 Å². The van der Waals surface area contributed by atoms with E-state index in [1.165, 1.54) is 5.56 Å². The normalized spacial score (nSPS) is 12.6. The molecule has 0 atom stereocenters. The number of anilines is 1. The summed E-state index contributed by atoms with van der Waals surface area (Å²) >= 11 is 0. The summed E-state index contributed by atoms with van der Waals surface area (Å²) in [5.41, 5.74) is 4.39. The minimum atomic E-state index is -0.275. The Bertz CT molecular complexity index is 823. The number of rotatable bonds is 5. The predicted octanol–water partition coefficient (Wildman–Crippen LogP) is 3.58. The molecule has 5 nitrogen and oxygen atoms in total. The molecule has 0 spiro atoms. The van der Waals surface area contributed by atoms with E-state index in [4.69, 9.17) is 4.74 Å². The molecule has 1 aliphatic rings. The van der Waals surface area contributed by atoms with Crippen molar-refractivity contribution in [3.8, 4) is 11.9 Å². The number of nitriles is 1. The molecule has 0 fully saturated rings. The third-order valence-electron chi connectivity index (χ3n) is 4.32. The molecule has 1 heterocycles. The highest BCUT2D eigenvalue weighted by atomic mass is 16.5. The summed E-state index contributed by atoms with van der Waals surface area (Å²) in [7, 11) is 0. The molecule has 0 aliphatic heterocycles. The van der Waals surface area contributed by atoms with Gasteiger partial charge in [-0.1, -0.05) is 32.0 Å². The van der Waals surface area contributed by atoms with E-state index in [9.17, 15) is 10.1 Å². The second-order valence-electron chi connectivity index (χ2n) is 6.46. The minimum absolute atomic E-state index is 0.174. The second-order valence-corrected chi connectivity index (χ2v) is 6.46. The number of pyridine rings is 1. The van der Waals surface area contributed by atoms with Gasteiger partial charge in [-0.2, -0.15) is 5.26 Å². The number of fused-ring (bicyclic) bond motifs is 1. The number of hydrogen-bond acceptors (Lipinski definition) is 4. The minimum Gasteiger partial charge on any atom is -0.467 e. The summed E-state index contributed by atoms with van der Waals surface area (Å²) in [5.74, 6) is 0.249. The quantitative estimate of drug-likeness (QED) is 0.906. The zero-order valence-corrected chi connectivity index (χ0v) is 14.5. The van der Waals surface area contributed by atoms with E-state index in [0.717, 1.165) is 30.5 Å². The summed E-state index contributed by atoms with van der Waals surface area (Å²) in [5, 5.41) is 12.3. The molecule has 1 amide bonds. The summed E-state index contributed by atoms with van der Waals surface area (Å²) in [6, 6.07) is 11.4. The largest absolute Gasteiger partial charge is 0.467 e. The van der Waals surface area contributed by atoms with Crippen LogP contribution in [0.4, 0.5) is 5.69 Å². The molecule has 0 radical (unpaired) electrons. The third kappa shape index (κ3) is 3.63. The van der Waals surface area contributed by atoms with Crippen molar-refractivity contribution in [2.24, 2.45) is 0 Å². The Kier molecular flexibility index (Phi) is 4.99. The molecule has 1 aliphatic carbocycles. The van der Waals surface area contributed by atoms with Crippen LogP contribution >= 0.6 is 0 Å². The van der Waals surface area contributed by atoms with Crippen molar-refractivity contribution in [3.05, 3.63) is 52.7 Å². The maximum Gasteiger partial charge on any atom is 0.262 e. The number of hydrogen-bond donors (Lipinski definition) is 1. The first-order chi connectivity index (χ1) is 12.1. The van der Waals surface area contributed by atoms with Crippen molar-refractivity contribution >= 4 is 11.6 Å². The average Bonchev–Trinajstić information content (AvgIpc) is 3.09. The van der Waals surface area contributed by atoms with Gasteiger partial charge >= 0.3 is 0 Å². The molecule has 0 saturated heterocycles. The maximum atomic E-state index is 12.1. The fourth-order valence-electron chi connectivity index (χ4n) is 3.21. The summed E-state index contributed by atoms with van der Waals surface area (Å²) < 4.78 is 5.63. The van der Waals surface area contributed by atoms with Gasteiger partial charge in [0.05, 0.1) is 5.69 Å². The molecular formula is C20H21N3O2. The van der Waals surface area contributed by atoms with Gasteiger partial charge in [-0.15, -0.1) is 0 Å². The standard InChI is InChI=1S/C20H21N3O2/c1-13(2)19-16-10-6-9-15(16)17(11-21)20(23-19)25-12-18(24)22-14-7-4-3-5-8-14/h3-5,7-8,13H,6,9-10,12H2,1-2H3,(H,22,24). The zero-order valence-electron chi connectivity index (χ0n) is 14.5. The van der Waals surface area contributed by atoms with Gasteiger partial charge in [0.1, 0.15) is 11.6 Å². The van der Waals surface area contributed by atoms with Gasteiger partial charge in [0.25, 0.3) is 5.91 Å². The number of benzene rings is 1. The van der Waals surface area contributed by atoms with Crippen LogP contribution in [0, 0.1) is 11.3 Å². The average molecular weight is 335 g/mol. The molecular weight excluding hydrogens is 314 g/mol. The van der Waals surface area contributed by atoms with Crippen LogP contribution in [0.1, 0.15) is 48.6 Å². The molecule has 1 aromatic heterocycles. The first-order valence-electron chi connectivity index (χ1n) is 8.53. The highest BCUT2D eigenvalue weighted by Gasteiger charge is 2.25. The van der Waals surface area contributed by atoms with Crippen molar-refractivity contribution in [2.75, 3.05) is 11.9 Å². The van der Waals surface area contributed by atoms with Gasteiger partial charge in [-0.3, -0.25) is 4.79 Å². The van der Waals surface area contributed by atoms with Crippen molar-refractivity contribution in [1.29, 1.82) is 5.26 Å². The van der Waals surface area contributed by atoms with Crippen LogP contribution in [0.15, 0.2) is 30.3 Å². The number of carbonyl (C=O) groups excluding carboxylic acids is 1. The SMILES string of the molecule is CC(C)c1nc(OCC(=O)Nc2ccccc2)c(C#N)c2c1CCC2. The molecule has 0 unspecified atom stereocenters. The number of para-hydroxylation sites is 1. The topological polar surface area (TPSA) is 75.0 Å². The van der Waals surface area contributed by atoms with Gasteiger partial charge in [-0.25, -0.2) is 4.98 Å². The first kappa shape index (κ1) is 17.0. The van der Waals surface area contributed by atoms with Gasteiger partial charge in [0.15, 0.2) is 6.61 Å². The molecule has 1 aromatic carbocycles. The molecule has 128 valence electrons. The molecule has 2 aromatic rings. The monoisotopic (exact) mass is 335 g/mol. The van der Waals surface area contributed by atoms with Crippen molar-refractivity contribution in [2.45, 2.75) is 39.0 Å². The van der Waals surface area contributed by atoms with Crippen LogP contribution in [0.2, 0.25) is 0 Å². The number of nitrogens with zero attached hydrogens (tertiary/aromatic N) is 2. The number of carbonyl (C=O) groups is 1. The fourth-order valence-corrected chi connectivity index (χ4v) is 3.21. The Hall–Kier alpha value is -2.87. The molecule has 3 rings (SSSR count). The lowest BCUT2D eigenvalue weighted by Gasteiger charge is -2.16. The second kappa shape index (κ2) is 7.35. The van der Waals surface area contributed by atoms with E-state index in [2.05, 4.69) is 30.2 Å². The predicted molar refractivity (Wildman–Crippen MR) is 95.6 cm³/mol. The van der Waals surface area contributed by atoms with Crippen LogP contribution in [0.3, 0.4) is 0 Å². The maximum absolute atomic E-state index is 12.1. The van der Waals surface area contributed by atoms with E-state index in [-0.39, 0.29) is 24.3 Å². The van der Waals surface area contributed by atoms with Crippen LogP contribution in [-0.4, -0.2) is 17.5 Å². The lowest BCUT2D eigenvalue weighted by Crippen LogP contribution is -2.21. The van der Waals surface area contributed by atoms with Gasteiger partial charge in [-0.05, 0) is 48.4 Å². The van der Waals surface area contributed by atoms with Crippen molar-refractivity contribution < 1.29 is 9.53 Å². The Morgan fingerprint density at radius 3 is 2.68 bits per heavy atom.